The van der Waals surface area contributed by atoms with Crippen LogP contribution in [0.2, 0.25) is 0 Å². The fourth-order valence-corrected chi connectivity index (χ4v) is 0. The first-order valence-electron chi connectivity index (χ1n) is 0. The minimum absolute atomic E-state index is 0. The van der Waals surface area contributed by atoms with Crippen LogP contribution in [0.15, 0.2) is 0 Å². The molecule has 0 rings (SSSR count). The Morgan fingerprint density at radius 2 is 0.333 bits per heavy atom. The first-order chi connectivity index (χ1) is 0. The van der Waals surface area contributed by atoms with Gasteiger partial charge in [0.2, 0.25) is 0 Å². The van der Waals surface area contributed by atoms with Crippen molar-refractivity contribution in [2.24, 2.45) is 0 Å². The normalized spacial score (nSPS) is 0. The summed E-state index contributed by atoms with van der Waals surface area (Å²) < 4.78 is 0. The van der Waals surface area contributed by atoms with Gasteiger partial charge in [0.25, 0.3) is 0 Å². The van der Waals surface area contributed by atoms with Gasteiger partial charge in [-0.1, -0.05) is 0 Å². The van der Waals surface area contributed by atoms with E-state index in [4.69, 9.17) is 0 Å². The van der Waals surface area contributed by atoms with E-state index in [0.717, 1.165) is 0 Å². The quantitative estimate of drug-likeness (QED) is 0.453. The molecule has 0 fully saturated rings. The summed E-state index contributed by atoms with van der Waals surface area (Å²) in [6.07, 6.45) is 0. The monoisotopic (exact) mass is 354 g/mol. The molecule has 0 aliphatic heterocycles. The van der Waals surface area contributed by atoms with Crippen molar-refractivity contribution in [3.63, 3.8) is 0 Å². The van der Waals surface area contributed by atoms with E-state index in [0.29, 0.717) is 0 Å². The molecule has 82 valence electrons. The fraction of sp³-hybridized carbons (Fsp3) is 0. The summed E-state index contributed by atoms with van der Waals surface area (Å²) in [6.45, 7) is 0. The Hall–Kier alpha value is 1.69. The van der Waals surface area contributed by atoms with Gasteiger partial charge >= 0.3 is 63.4 Å². The van der Waals surface area contributed by atoms with Crippen molar-refractivity contribution in [3.8, 4) is 0 Å². The average Bonchev–Trinajstić information content (AvgIpc) is 0. The largest absolute Gasteiger partial charge is 4.00 e. The van der Waals surface area contributed by atoms with Gasteiger partial charge in [-0.3, -0.25) is 0 Å². The minimum Gasteiger partial charge on any atom is -0.870 e. The molecule has 12 heteroatoms. The van der Waals surface area contributed by atoms with Crippen LogP contribution < -0.4 is 0 Å². The molecule has 9 N–H and O–H groups in total. The summed E-state index contributed by atoms with van der Waals surface area (Å²) in [7, 11) is 0. The molecule has 0 aromatic carbocycles. The molecular weight excluding hydrogens is 344 g/mol. The molecule has 0 radical (unpaired) electrons. The van der Waals surface area contributed by atoms with Gasteiger partial charge in [-0.2, -0.15) is 0 Å². The van der Waals surface area contributed by atoms with Crippen molar-refractivity contribution in [2.45, 2.75) is 0 Å². The van der Waals surface area contributed by atoms with Crippen LogP contribution in [0, 0.1) is 0 Å². The number of hydrogen-bond acceptors (Lipinski definition) is 9. The Labute approximate surface area is 112 Å². The Balaban J connectivity index is 0. The van der Waals surface area contributed by atoms with E-state index >= 15 is 0 Å². The second-order valence-electron chi connectivity index (χ2n) is 0. The summed E-state index contributed by atoms with van der Waals surface area (Å²) in [5.74, 6) is 0. The van der Waals surface area contributed by atoms with Crippen molar-refractivity contribution in [1.82, 2.24) is 0 Å². The summed E-state index contributed by atoms with van der Waals surface area (Å²) >= 11 is 0. The molecule has 0 aromatic rings. The number of rotatable bonds is 0. The van der Waals surface area contributed by atoms with Gasteiger partial charge in [-0.15, -0.1) is 0 Å². The molecule has 0 aliphatic rings. The molecule has 0 amide bonds. The Morgan fingerprint density at radius 3 is 0.333 bits per heavy atom. The van der Waals surface area contributed by atoms with Gasteiger partial charge < -0.3 is 49.3 Å². The zero-order valence-electron chi connectivity index (χ0n) is 5.33. The summed E-state index contributed by atoms with van der Waals surface area (Å²) in [4.78, 5) is 0. The second-order valence-corrected chi connectivity index (χ2v) is 0. The zero-order chi connectivity index (χ0) is 0. The Morgan fingerprint density at radius 1 is 0.333 bits per heavy atom. The second kappa shape index (κ2) is 606. The molecular formula is H9MoNiO9Sc. The molecule has 0 aromatic heterocycles. The predicted octanol–water partition coefficient (Wildman–Crippen LogP) is -1.60. The standard InChI is InChI=1S/Mo.Ni.9H2O.Sc/h;;9*1H2;/q+4;+2;;;;;;;;;;+3/p-9. The predicted molar refractivity (Wildman–Crippen MR) is 17.4 cm³/mol. The molecule has 12 heavy (non-hydrogen) atoms. The number of hydrogen-bond donors (Lipinski definition) is 0. The van der Waals surface area contributed by atoms with Gasteiger partial charge in [0.05, 0.1) is 0 Å². The molecule has 0 saturated heterocycles. The van der Waals surface area contributed by atoms with Gasteiger partial charge in [-0.05, 0) is 0 Å². The van der Waals surface area contributed by atoms with Crippen molar-refractivity contribution >= 4 is 0 Å². The molecule has 0 heterocycles. The molecule has 0 spiro atoms. The van der Waals surface area contributed by atoms with Crippen molar-refractivity contribution in [3.05, 3.63) is 0 Å². The van der Waals surface area contributed by atoms with E-state index in [1.165, 1.54) is 0 Å². The van der Waals surface area contributed by atoms with Crippen LogP contribution >= 0.6 is 0 Å². The molecule has 0 aliphatic carbocycles. The van der Waals surface area contributed by atoms with E-state index in [2.05, 4.69) is 0 Å². The van der Waals surface area contributed by atoms with E-state index in [1.54, 1.807) is 0 Å². The fourth-order valence-electron chi connectivity index (χ4n) is 0. The van der Waals surface area contributed by atoms with Crippen LogP contribution in [0.25, 0.3) is 0 Å². The SMILES string of the molecule is [Mo+4].[Ni+2].[OH-].[OH-].[OH-].[OH-].[OH-].[OH-].[OH-].[OH-].[OH-].[Sc+3]. The van der Waals surface area contributed by atoms with Crippen LogP contribution in [-0.4, -0.2) is 49.3 Å². The van der Waals surface area contributed by atoms with E-state index in [1.807, 2.05) is 0 Å². The van der Waals surface area contributed by atoms with Crippen LogP contribution in [-0.2, 0) is 63.4 Å². The topological polar surface area (TPSA) is 270 Å². The van der Waals surface area contributed by atoms with Gasteiger partial charge in [0, 0.05) is 0 Å². The van der Waals surface area contributed by atoms with Crippen molar-refractivity contribution < 1.29 is 113 Å². The molecule has 0 saturated carbocycles. The van der Waals surface area contributed by atoms with Crippen molar-refractivity contribution in [2.75, 3.05) is 0 Å². The van der Waals surface area contributed by atoms with E-state index in [9.17, 15) is 0 Å². The maximum absolute atomic E-state index is 0. The molecule has 0 unspecified atom stereocenters. The summed E-state index contributed by atoms with van der Waals surface area (Å²) in [5, 5.41) is 0. The van der Waals surface area contributed by atoms with Gasteiger partial charge in [-0.25, -0.2) is 0 Å². The van der Waals surface area contributed by atoms with Crippen LogP contribution in [0.5, 0.6) is 0 Å². The van der Waals surface area contributed by atoms with E-state index < -0.39 is 0 Å². The van der Waals surface area contributed by atoms with Gasteiger partial charge in [0.15, 0.2) is 0 Å². The minimum atomic E-state index is 0. The molecule has 0 bridgehead atoms. The first-order valence-corrected chi connectivity index (χ1v) is 0. The van der Waals surface area contributed by atoms with Crippen molar-refractivity contribution in [1.29, 1.82) is 0 Å². The van der Waals surface area contributed by atoms with Crippen LogP contribution in [0.1, 0.15) is 0 Å². The molecule has 0 atom stereocenters. The van der Waals surface area contributed by atoms with Crippen LogP contribution in [0.4, 0.5) is 0 Å². The van der Waals surface area contributed by atoms with E-state index in [-0.39, 0.29) is 113 Å². The Kier molecular flexibility index (Phi) is 38900. The summed E-state index contributed by atoms with van der Waals surface area (Å²) in [5.41, 5.74) is 0. The third-order valence-corrected chi connectivity index (χ3v) is 0. The zero-order valence-corrected chi connectivity index (χ0v) is 10.1. The Bertz CT molecular complexity index is 14.5. The first kappa shape index (κ1) is 770. The third kappa shape index (κ3) is 467. The average molecular weight is 353 g/mol. The maximum atomic E-state index is 0. The van der Waals surface area contributed by atoms with Crippen LogP contribution in [0.3, 0.4) is 0 Å². The smallest absolute Gasteiger partial charge is 0.870 e. The van der Waals surface area contributed by atoms with Gasteiger partial charge in [0.1, 0.15) is 0 Å². The molecule has 9 nitrogen and oxygen atoms in total. The maximum Gasteiger partial charge on any atom is 4.00 e. The third-order valence-electron chi connectivity index (χ3n) is 0. The summed E-state index contributed by atoms with van der Waals surface area (Å²) in [6, 6.07) is 0.